The second kappa shape index (κ2) is 6.82. The third-order valence-corrected chi connectivity index (χ3v) is 13.0. The van der Waals surface area contributed by atoms with Crippen LogP contribution in [0.2, 0.25) is 0 Å². The van der Waals surface area contributed by atoms with Gasteiger partial charge in [0.2, 0.25) is 0 Å². The number of hydrogen-bond acceptors (Lipinski definition) is 2. The standard InChI is InChI=1S/C30H46O2/c1-19-10-15-30(18-31)17-16-28(6)21(25(30)20(19)2)8-9-23-27(5)13-12-24(32)26(3,4)22(27)11-14-29(23,28)7/h8,18-20,22-23,25H,9-17H2,1-7H3. The van der Waals surface area contributed by atoms with Crippen LogP contribution in [0.3, 0.4) is 0 Å². The van der Waals surface area contributed by atoms with E-state index in [9.17, 15) is 9.59 Å². The topological polar surface area (TPSA) is 34.1 Å². The van der Waals surface area contributed by atoms with E-state index in [1.54, 1.807) is 5.57 Å². The van der Waals surface area contributed by atoms with E-state index in [4.69, 9.17) is 0 Å². The van der Waals surface area contributed by atoms with Crippen molar-refractivity contribution in [1.82, 2.24) is 0 Å². The van der Waals surface area contributed by atoms with Crippen molar-refractivity contribution in [2.75, 3.05) is 0 Å². The van der Waals surface area contributed by atoms with Crippen molar-refractivity contribution >= 4 is 12.1 Å². The van der Waals surface area contributed by atoms with Crippen LogP contribution in [0.1, 0.15) is 106 Å². The minimum Gasteiger partial charge on any atom is -0.303 e. The maximum absolute atomic E-state index is 12.9. The molecule has 0 amide bonds. The largest absolute Gasteiger partial charge is 0.303 e. The van der Waals surface area contributed by atoms with Crippen molar-refractivity contribution in [3.05, 3.63) is 11.6 Å². The Hall–Kier alpha value is -0.920. The molecule has 4 saturated carbocycles. The highest BCUT2D eigenvalue weighted by Crippen LogP contribution is 2.75. The normalized spacial score (nSPS) is 54.4. The molecule has 9 atom stereocenters. The molecule has 0 aliphatic heterocycles. The Labute approximate surface area is 196 Å². The Kier molecular flexibility index (Phi) is 4.87. The summed E-state index contributed by atoms with van der Waals surface area (Å²) < 4.78 is 0. The van der Waals surface area contributed by atoms with Gasteiger partial charge in [0.05, 0.1) is 0 Å². The Morgan fingerprint density at radius 3 is 2.31 bits per heavy atom. The fraction of sp³-hybridized carbons (Fsp3) is 0.867. The lowest BCUT2D eigenvalue weighted by molar-refractivity contribution is -0.185. The first-order valence-corrected chi connectivity index (χ1v) is 13.6. The zero-order chi connectivity index (χ0) is 23.3. The summed E-state index contributed by atoms with van der Waals surface area (Å²) in [6.07, 6.45) is 13.9. The zero-order valence-electron chi connectivity index (χ0n) is 21.7. The van der Waals surface area contributed by atoms with E-state index in [-0.39, 0.29) is 27.1 Å². The van der Waals surface area contributed by atoms with Gasteiger partial charge in [-0.05, 0) is 97.2 Å². The first-order valence-electron chi connectivity index (χ1n) is 13.6. The van der Waals surface area contributed by atoms with Crippen LogP contribution in [0, 0.1) is 56.7 Å². The number of rotatable bonds is 1. The number of fused-ring (bicyclic) bond motifs is 7. The highest BCUT2D eigenvalue weighted by Gasteiger charge is 2.68. The van der Waals surface area contributed by atoms with Crippen molar-refractivity contribution in [3.8, 4) is 0 Å². The second-order valence-corrected chi connectivity index (χ2v) is 14.1. The highest BCUT2D eigenvalue weighted by molar-refractivity contribution is 5.85. The molecule has 0 aromatic carbocycles. The lowest BCUT2D eigenvalue weighted by Crippen LogP contribution is -2.64. The van der Waals surface area contributed by atoms with Gasteiger partial charge in [0.25, 0.3) is 0 Å². The van der Waals surface area contributed by atoms with Crippen LogP contribution in [0.5, 0.6) is 0 Å². The average Bonchev–Trinajstić information content (AvgIpc) is 2.74. The summed E-state index contributed by atoms with van der Waals surface area (Å²) in [6.45, 7) is 17.0. The number of hydrogen-bond donors (Lipinski definition) is 0. The summed E-state index contributed by atoms with van der Waals surface area (Å²) in [6, 6.07) is 0. The fourth-order valence-electron chi connectivity index (χ4n) is 10.6. The van der Waals surface area contributed by atoms with Crippen LogP contribution in [0.25, 0.3) is 0 Å². The van der Waals surface area contributed by atoms with Gasteiger partial charge in [0.1, 0.15) is 12.1 Å². The van der Waals surface area contributed by atoms with Gasteiger partial charge in [-0.15, -0.1) is 0 Å². The molecule has 0 spiro atoms. The molecule has 4 fully saturated rings. The Morgan fingerprint density at radius 2 is 1.62 bits per heavy atom. The van der Waals surface area contributed by atoms with Crippen LogP contribution in [-0.4, -0.2) is 12.1 Å². The molecule has 5 aliphatic carbocycles. The van der Waals surface area contributed by atoms with Gasteiger partial charge in [-0.1, -0.05) is 60.1 Å². The Bertz CT molecular complexity index is 868. The van der Waals surface area contributed by atoms with Crippen LogP contribution in [0.4, 0.5) is 0 Å². The maximum Gasteiger partial charge on any atom is 0.138 e. The Balaban J connectivity index is 1.61. The quantitative estimate of drug-likeness (QED) is 0.315. The molecule has 0 heterocycles. The molecule has 0 saturated heterocycles. The monoisotopic (exact) mass is 438 g/mol. The van der Waals surface area contributed by atoms with Gasteiger partial charge >= 0.3 is 0 Å². The molecule has 2 heteroatoms. The number of aldehydes is 1. The lowest BCUT2D eigenvalue weighted by Gasteiger charge is -2.70. The first kappa shape index (κ1) is 22.9. The predicted molar refractivity (Wildman–Crippen MR) is 130 cm³/mol. The van der Waals surface area contributed by atoms with Crippen LogP contribution in [0.15, 0.2) is 11.6 Å². The molecule has 2 nitrogen and oxygen atoms in total. The first-order chi connectivity index (χ1) is 14.9. The number of carbonyl (C=O) groups excluding carboxylic acids is 2. The van der Waals surface area contributed by atoms with E-state index in [1.807, 2.05) is 0 Å². The molecule has 178 valence electrons. The maximum atomic E-state index is 12.9. The van der Waals surface area contributed by atoms with Gasteiger partial charge in [-0.3, -0.25) is 4.79 Å². The molecular weight excluding hydrogens is 392 g/mol. The van der Waals surface area contributed by atoms with Crippen LogP contribution >= 0.6 is 0 Å². The fourth-order valence-corrected chi connectivity index (χ4v) is 10.6. The minimum atomic E-state index is -0.189. The van der Waals surface area contributed by atoms with Crippen molar-refractivity contribution in [1.29, 1.82) is 0 Å². The highest BCUT2D eigenvalue weighted by atomic mass is 16.1. The van der Waals surface area contributed by atoms with E-state index in [0.29, 0.717) is 35.4 Å². The molecule has 0 aromatic rings. The van der Waals surface area contributed by atoms with E-state index in [0.717, 1.165) is 38.5 Å². The van der Waals surface area contributed by atoms with Crippen molar-refractivity contribution in [3.63, 3.8) is 0 Å². The summed E-state index contributed by atoms with van der Waals surface area (Å²) in [5.41, 5.74) is 2.01. The van der Waals surface area contributed by atoms with E-state index in [2.05, 4.69) is 54.5 Å². The molecule has 0 N–H and O–H groups in total. The lowest BCUT2D eigenvalue weighted by atomic mass is 9.33. The van der Waals surface area contributed by atoms with Crippen molar-refractivity contribution in [2.45, 2.75) is 106 Å². The SMILES string of the molecule is CC1CCC2(C=O)CCC3(C)C(=CCC4C5(C)CCC(=O)C(C)(C)C5CCC43C)C2C1C. The summed E-state index contributed by atoms with van der Waals surface area (Å²) in [7, 11) is 0. The van der Waals surface area contributed by atoms with Crippen LogP contribution in [-0.2, 0) is 9.59 Å². The molecule has 0 bridgehead atoms. The summed E-state index contributed by atoms with van der Waals surface area (Å²) in [5.74, 6) is 3.32. The van der Waals surface area contributed by atoms with E-state index < -0.39 is 0 Å². The van der Waals surface area contributed by atoms with Crippen LogP contribution < -0.4 is 0 Å². The molecule has 0 aromatic heterocycles. The van der Waals surface area contributed by atoms with Gasteiger partial charge in [0.15, 0.2) is 0 Å². The van der Waals surface area contributed by atoms with Gasteiger partial charge in [0, 0.05) is 17.3 Å². The second-order valence-electron chi connectivity index (χ2n) is 14.1. The minimum absolute atomic E-state index is 0.124. The van der Waals surface area contributed by atoms with E-state index in [1.165, 1.54) is 25.5 Å². The molecule has 0 radical (unpaired) electrons. The number of Topliss-reactive ketones (excluding diaryl/α,β-unsaturated/α-hetero) is 1. The molecule has 5 rings (SSSR count). The summed E-state index contributed by atoms with van der Waals surface area (Å²) in [4.78, 5) is 25.5. The average molecular weight is 439 g/mol. The smallest absolute Gasteiger partial charge is 0.138 e. The third kappa shape index (κ3) is 2.54. The third-order valence-electron chi connectivity index (χ3n) is 13.0. The predicted octanol–water partition coefficient (Wildman–Crippen LogP) is 7.41. The van der Waals surface area contributed by atoms with E-state index >= 15 is 0 Å². The Morgan fingerprint density at radius 1 is 0.906 bits per heavy atom. The molecule has 5 aliphatic rings. The van der Waals surface area contributed by atoms with Crippen molar-refractivity contribution < 1.29 is 9.59 Å². The molecule has 32 heavy (non-hydrogen) atoms. The zero-order valence-corrected chi connectivity index (χ0v) is 21.7. The van der Waals surface area contributed by atoms with Crippen molar-refractivity contribution in [2.24, 2.45) is 56.7 Å². The molecular formula is C30H46O2. The van der Waals surface area contributed by atoms with Gasteiger partial charge in [-0.2, -0.15) is 0 Å². The summed E-state index contributed by atoms with van der Waals surface area (Å²) >= 11 is 0. The molecule has 9 unspecified atom stereocenters. The summed E-state index contributed by atoms with van der Waals surface area (Å²) in [5, 5.41) is 0. The van der Waals surface area contributed by atoms with Gasteiger partial charge in [-0.25, -0.2) is 0 Å². The van der Waals surface area contributed by atoms with Gasteiger partial charge < -0.3 is 4.79 Å². The number of allylic oxidation sites excluding steroid dienone is 2. The number of ketones is 1. The number of carbonyl (C=O) groups is 2.